The zero-order valence-corrected chi connectivity index (χ0v) is 13.8. The molecule has 1 amide bonds. The Bertz CT molecular complexity index is 741. The van der Waals surface area contributed by atoms with E-state index in [0.717, 1.165) is 5.56 Å². The highest BCUT2D eigenvalue weighted by molar-refractivity contribution is 6.35. The molecule has 0 aliphatic rings. The van der Waals surface area contributed by atoms with Crippen LogP contribution in [0, 0.1) is 11.3 Å². The van der Waals surface area contributed by atoms with Crippen molar-refractivity contribution in [3.8, 4) is 6.07 Å². The lowest BCUT2D eigenvalue weighted by atomic mass is 10.1. The second-order valence-electron chi connectivity index (χ2n) is 4.85. The van der Waals surface area contributed by atoms with E-state index in [1.54, 1.807) is 30.3 Å². The molecular formula is C17H15Cl2N3O. The molecule has 2 rings (SSSR count). The fourth-order valence-corrected chi connectivity index (χ4v) is 2.54. The third-order valence-corrected chi connectivity index (χ3v) is 3.81. The number of amides is 1. The van der Waals surface area contributed by atoms with Crippen LogP contribution in [-0.2, 0) is 11.2 Å². The van der Waals surface area contributed by atoms with Crippen LogP contribution in [0.1, 0.15) is 11.1 Å². The molecule has 0 aromatic heterocycles. The third kappa shape index (κ3) is 5.17. The minimum atomic E-state index is -0.150. The molecule has 2 N–H and O–H groups in total. The van der Waals surface area contributed by atoms with E-state index in [2.05, 4.69) is 16.7 Å². The van der Waals surface area contributed by atoms with Gasteiger partial charge in [0.1, 0.15) is 6.07 Å². The van der Waals surface area contributed by atoms with E-state index in [1.165, 1.54) is 0 Å². The summed E-state index contributed by atoms with van der Waals surface area (Å²) in [5, 5.41) is 15.9. The lowest BCUT2D eigenvalue weighted by molar-refractivity contribution is -0.119. The number of hydrogen-bond acceptors (Lipinski definition) is 3. The summed E-state index contributed by atoms with van der Waals surface area (Å²) in [5.74, 6) is -0.150. The molecule has 2 aromatic carbocycles. The van der Waals surface area contributed by atoms with Gasteiger partial charge in [0, 0.05) is 16.6 Å². The van der Waals surface area contributed by atoms with Crippen LogP contribution in [0.15, 0.2) is 42.5 Å². The van der Waals surface area contributed by atoms with Crippen LogP contribution in [0.3, 0.4) is 0 Å². The van der Waals surface area contributed by atoms with E-state index in [1.807, 2.05) is 12.1 Å². The molecule has 23 heavy (non-hydrogen) atoms. The van der Waals surface area contributed by atoms with Gasteiger partial charge in [-0.2, -0.15) is 5.26 Å². The summed E-state index contributed by atoms with van der Waals surface area (Å²) in [6.07, 6.45) is 0.622. The van der Waals surface area contributed by atoms with Gasteiger partial charge in [0.25, 0.3) is 0 Å². The molecule has 0 saturated carbocycles. The molecule has 0 unspecified atom stereocenters. The molecule has 0 fully saturated rings. The van der Waals surface area contributed by atoms with Crippen molar-refractivity contribution in [2.75, 3.05) is 18.4 Å². The topological polar surface area (TPSA) is 64.9 Å². The monoisotopic (exact) mass is 347 g/mol. The number of nitrogens with one attached hydrogen (secondary N) is 2. The van der Waals surface area contributed by atoms with Crippen LogP contribution in [0.5, 0.6) is 0 Å². The highest BCUT2D eigenvalue weighted by Gasteiger charge is 2.05. The Balaban J connectivity index is 1.78. The first-order valence-corrected chi connectivity index (χ1v) is 7.79. The highest BCUT2D eigenvalue weighted by atomic mass is 35.5. The van der Waals surface area contributed by atoms with Crippen LogP contribution >= 0.6 is 23.2 Å². The SMILES string of the molecule is N#Cc1ccccc1NCC(=O)NCCc1ccc(Cl)cc1Cl. The molecule has 0 heterocycles. The number of nitrogens with zero attached hydrogens (tertiary/aromatic N) is 1. The maximum atomic E-state index is 11.8. The molecule has 2 aromatic rings. The van der Waals surface area contributed by atoms with Gasteiger partial charge in [0.15, 0.2) is 0 Å². The van der Waals surface area contributed by atoms with Gasteiger partial charge in [0.2, 0.25) is 5.91 Å². The molecular weight excluding hydrogens is 333 g/mol. The molecule has 0 radical (unpaired) electrons. The van der Waals surface area contributed by atoms with Crippen molar-refractivity contribution < 1.29 is 4.79 Å². The number of benzene rings is 2. The first kappa shape index (κ1) is 17.1. The van der Waals surface area contributed by atoms with E-state index >= 15 is 0 Å². The van der Waals surface area contributed by atoms with Gasteiger partial charge in [-0.15, -0.1) is 0 Å². The largest absolute Gasteiger partial charge is 0.375 e. The number of hydrogen-bond donors (Lipinski definition) is 2. The number of rotatable bonds is 6. The lowest BCUT2D eigenvalue weighted by Crippen LogP contribution is -2.31. The van der Waals surface area contributed by atoms with Gasteiger partial charge in [-0.1, -0.05) is 41.4 Å². The molecule has 0 spiro atoms. The van der Waals surface area contributed by atoms with E-state index in [4.69, 9.17) is 28.5 Å². The number of nitriles is 1. The number of anilines is 1. The predicted molar refractivity (Wildman–Crippen MR) is 92.8 cm³/mol. The summed E-state index contributed by atoms with van der Waals surface area (Å²) in [6.45, 7) is 0.578. The predicted octanol–water partition coefficient (Wildman–Crippen LogP) is 3.64. The van der Waals surface area contributed by atoms with E-state index in [9.17, 15) is 4.79 Å². The molecule has 0 aliphatic carbocycles. The van der Waals surface area contributed by atoms with Crippen LogP contribution in [0.25, 0.3) is 0 Å². The van der Waals surface area contributed by atoms with Crippen LogP contribution in [-0.4, -0.2) is 19.0 Å². The first-order valence-electron chi connectivity index (χ1n) is 7.04. The van der Waals surface area contributed by atoms with Crippen LogP contribution in [0.2, 0.25) is 10.0 Å². The minimum Gasteiger partial charge on any atom is -0.375 e. The summed E-state index contributed by atoms with van der Waals surface area (Å²) >= 11 is 11.9. The van der Waals surface area contributed by atoms with Crippen molar-refractivity contribution in [1.29, 1.82) is 5.26 Å². The Hall–Kier alpha value is -2.22. The first-order chi connectivity index (χ1) is 11.1. The van der Waals surface area contributed by atoms with E-state index in [-0.39, 0.29) is 12.5 Å². The maximum absolute atomic E-state index is 11.8. The third-order valence-electron chi connectivity index (χ3n) is 3.22. The minimum absolute atomic E-state index is 0.104. The number of carbonyl (C=O) groups is 1. The molecule has 6 heteroatoms. The van der Waals surface area contributed by atoms with E-state index in [0.29, 0.717) is 34.3 Å². The average Bonchev–Trinajstić information content (AvgIpc) is 2.55. The summed E-state index contributed by atoms with van der Waals surface area (Å²) in [6, 6.07) is 14.4. The summed E-state index contributed by atoms with van der Waals surface area (Å²) in [5.41, 5.74) is 2.08. The van der Waals surface area contributed by atoms with Crippen molar-refractivity contribution >= 4 is 34.8 Å². The maximum Gasteiger partial charge on any atom is 0.239 e. The molecule has 0 atom stereocenters. The Morgan fingerprint density at radius 2 is 1.96 bits per heavy atom. The van der Waals surface area contributed by atoms with Gasteiger partial charge in [-0.3, -0.25) is 4.79 Å². The zero-order chi connectivity index (χ0) is 16.7. The van der Waals surface area contributed by atoms with Crippen LogP contribution in [0.4, 0.5) is 5.69 Å². The van der Waals surface area contributed by atoms with Crippen molar-refractivity contribution in [3.05, 3.63) is 63.6 Å². The average molecular weight is 348 g/mol. The lowest BCUT2D eigenvalue weighted by Gasteiger charge is -2.09. The van der Waals surface area contributed by atoms with Crippen LogP contribution < -0.4 is 10.6 Å². The second kappa shape index (κ2) is 8.42. The van der Waals surface area contributed by atoms with Crippen molar-refractivity contribution in [2.45, 2.75) is 6.42 Å². The van der Waals surface area contributed by atoms with Gasteiger partial charge < -0.3 is 10.6 Å². The summed E-state index contributed by atoms with van der Waals surface area (Å²) in [4.78, 5) is 11.8. The number of carbonyl (C=O) groups excluding carboxylic acids is 1. The van der Waals surface area contributed by atoms with Gasteiger partial charge in [0.05, 0.1) is 17.8 Å². The molecule has 0 saturated heterocycles. The molecule has 0 bridgehead atoms. The Morgan fingerprint density at radius 1 is 1.17 bits per heavy atom. The molecule has 118 valence electrons. The number of halogens is 2. The number of para-hydroxylation sites is 1. The van der Waals surface area contributed by atoms with Gasteiger partial charge in [-0.25, -0.2) is 0 Å². The normalized spacial score (nSPS) is 9.96. The Morgan fingerprint density at radius 3 is 2.70 bits per heavy atom. The van der Waals surface area contributed by atoms with Gasteiger partial charge >= 0.3 is 0 Å². The van der Waals surface area contributed by atoms with Crippen molar-refractivity contribution in [1.82, 2.24) is 5.32 Å². The Labute approximate surface area is 145 Å². The standard InChI is InChI=1S/C17H15Cl2N3O/c18-14-6-5-12(15(19)9-14)7-8-21-17(23)11-22-16-4-2-1-3-13(16)10-20/h1-6,9,22H,7-8,11H2,(H,21,23). The van der Waals surface area contributed by atoms with E-state index < -0.39 is 0 Å². The second-order valence-corrected chi connectivity index (χ2v) is 5.69. The summed E-state index contributed by atoms with van der Waals surface area (Å²) in [7, 11) is 0. The van der Waals surface area contributed by atoms with Crippen molar-refractivity contribution in [3.63, 3.8) is 0 Å². The highest BCUT2D eigenvalue weighted by Crippen LogP contribution is 2.21. The molecule has 4 nitrogen and oxygen atoms in total. The quantitative estimate of drug-likeness (QED) is 0.838. The smallest absolute Gasteiger partial charge is 0.239 e. The fraction of sp³-hybridized carbons (Fsp3) is 0.176. The fourth-order valence-electron chi connectivity index (χ4n) is 2.03. The Kier molecular flexibility index (Phi) is 6.28. The molecule has 0 aliphatic heterocycles. The van der Waals surface area contributed by atoms with Crippen molar-refractivity contribution in [2.24, 2.45) is 0 Å². The zero-order valence-electron chi connectivity index (χ0n) is 12.3. The summed E-state index contributed by atoms with van der Waals surface area (Å²) < 4.78 is 0. The van der Waals surface area contributed by atoms with Gasteiger partial charge in [-0.05, 0) is 36.2 Å².